The summed E-state index contributed by atoms with van der Waals surface area (Å²) in [6.07, 6.45) is -7.89. The summed E-state index contributed by atoms with van der Waals surface area (Å²) in [5.74, 6) is -4.95. The highest BCUT2D eigenvalue weighted by molar-refractivity contribution is 5.93. The molecule has 0 amide bonds. The molecule has 11 heteroatoms. The number of ether oxygens (including phenoxy) is 5. The van der Waals surface area contributed by atoms with Crippen molar-refractivity contribution in [2.24, 2.45) is 0 Å². The summed E-state index contributed by atoms with van der Waals surface area (Å²) in [5.41, 5.74) is 0.302. The number of esters is 5. The number of carbonyl (C=O) groups excluding carboxylic acids is 5. The lowest BCUT2D eigenvalue weighted by Gasteiger charge is -2.33. The highest BCUT2D eigenvalue weighted by atomic mass is 16.6. The lowest BCUT2D eigenvalue weighted by atomic mass is 10.0. The van der Waals surface area contributed by atoms with Crippen LogP contribution in [0.3, 0.4) is 0 Å². The number of hydrogen-bond acceptors (Lipinski definition) is 11. The Morgan fingerprint density at radius 2 is 0.872 bits per heavy atom. The molecule has 4 rings (SSSR count). The molecular weight excluding hydrogens is 608 g/mol. The number of hydrogen-bond donors (Lipinski definition) is 1. The van der Waals surface area contributed by atoms with Gasteiger partial charge >= 0.3 is 29.8 Å². The zero-order valence-corrected chi connectivity index (χ0v) is 25.3. The van der Waals surface area contributed by atoms with E-state index < -0.39 is 60.9 Å². The third kappa shape index (κ3) is 9.59. The van der Waals surface area contributed by atoms with Crippen molar-refractivity contribution in [1.29, 1.82) is 0 Å². The maximum Gasteiger partial charge on any atom is 0.351 e. The molecule has 11 nitrogen and oxygen atoms in total. The minimum Gasteiger partial charge on any atom is -0.463 e. The zero-order chi connectivity index (χ0) is 33.6. The molecular formula is C36H32O11. The first-order valence-corrected chi connectivity index (χ1v) is 14.6. The Morgan fingerprint density at radius 1 is 0.511 bits per heavy atom. The largest absolute Gasteiger partial charge is 0.463 e. The van der Waals surface area contributed by atoms with Crippen molar-refractivity contribution in [3.63, 3.8) is 0 Å². The highest BCUT2D eigenvalue weighted by Crippen LogP contribution is 2.23. The maximum atomic E-state index is 13.4. The summed E-state index contributed by atoms with van der Waals surface area (Å²) >= 11 is 0. The Kier molecular flexibility index (Phi) is 12.4. The van der Waals surface area contributed by atoms with Gasteiger partial charge in [-0.25, -0.2) is 24.0 Å². The van der Waals surface area contributed by atoms with E-state index in [4.69, 9.17) is 23.7 Å². The van der Waals surface area contributed by atoms with Crippen LogP contribution in [0.15, 0.2) is 121 Å². The zero-order valence-electron chi connectivity index (χ0n) is 25.3. The van der Waals surface area contributed by atoms with Gasteiger partial charge in [-0.05, 0) is 55.5 Å². The van der Waals surface area contributed by atoms with Crippen molar-refractivity contribution in [2.75, 3.05) is 13.2 Å². The first-order chi connectivity index (χ1) is 22.8. The van der Waals surface area contributed by atoms with E-state index in [2.05, 4.69) is 0 Å². The van der Waals surface area contributed by atoms with Crippen LogP contribution in [0.5, 0.6) is 0 Å². The average molecular weight is 641 g/mol. The molecule has 242 valence electrons. The molecule has 47 heavy (non-hydrogen) atoms. The standard InChI is InChI=1S/C36H32O11/c1-2-43-36(42)31(47-35(41)27-21-13-6-14-22-27)30(46-34(40)26-19-11-5-12-20-26)29(45-33(39)25-17-9-4-10-18-25)28(37)23-44-32(38)24-15-7-3-8-16-24/h3-22,28-31,37H,2,23H2,1H3/t28-,29-,30+,31-/m1/s1. The molecule has 0 unspecified atom stereocenters. The van der Waals surface area contributed by atoms with Crippen molar-refractivity contribution in [1.82, 2.24) is 0 Å². The second-order valence-corrected chi connectivity index (χ2v) is 9.95. The van der Waals surface area contributed by atoms with E-state index in [1.165, 1.54) is 55.5 Å². The van der Waals surface area contributed by atoms with Crippen molar-refractivity contribution >= 4 is 29.8 Å². The summed E-state index contributed by atoms with van der Waals surface area (Å²) in [4.78, 5) is 66.1. The van der Waals surface area contributed by atoms with E-state index in [1.807, 2.05) is 0 Å². The van der Waals surface area contributed by atoms with Crippen molar-refractivity contribution in [3.8, 4) is 0 Å². The van der Waals surface area contributed by atoms with Crippen molar-refractivity contribution in [2.45, 2.75) is 31.3 Å². The van der Waals surface area contributed by atoms with E-state index in [9.17, 15) is 29.1 Å². The van der Waals surface area contributed by atoms with Crippen LogP contribution in [0.2, 0.25) is 0 Å². The van der Waals surface area contributed by atoms with Crippen LogP contribution in [-0.4, -0.2) is 72.6 Å². The lowest BCUT2D eigenvalue weighted by molar-refractivity contribution is -0.171. The predicted octanol–water partition coefficient (Wildman–Crippen LogP) is 4.44. The van der Waals surface area contributed by atoms with Crippen LogP contribution in [0.25, 0.3) is 0 Å². The fourth-order valence-electron chi connectivity index (χ4n) is 4.34. The molecule has 0 saturated heterocycles. The molecule has 0 fully saturated rings. The normalized spacial score (nSPS) is 13.1. The predicted molar refractivity (Wildman–Crippen MR) is 166 cm³/mol. The summed E-state index contributed by atoms with van der Waals surface area (Å²) < 4.78 is 27.4. The first kappa shape index (κ1) is 34.1. The minimum atomic E-state index is -2.05. The fraction of sp³-hybridized carbons (Fsp3) is 0.194. The molecule has 0 aliphatic heterocycles. The highest BCUT2D eigenvalue weighted by Gasteiger charge is 2.47. The lowest BCUT2D eigenvalue weighted by Crippen LogP contribution is -2.55. The summed E-state index contributed by atoms with van der Waals surface area (Å²) in [6.45, 7) is 0.565. The topological polar surface area (TPSA) is 152 Å². The van der Waals surface area contributed by atoms with Gasteiger partial charge in [-0.3, -0.25) is 0 Å². The van der Waals surface area contributed by atoms with Gasteiger partial charge in [-0.2, -0.15) is 0 Å². The maximum absolute atomic E-state index is 13.4. The van der Waals surface area contributed by atoms with Gasteiger partial charge in [0.05, 0.1) is 28.9 Å². The van der Waals surface area contributed by atoms with E-state index in [0.29, 0.717) is 0 Å². The van der Waals surface area contributed by atoms with Crippen LogP contribution in [0, 0.1) is 0 Å². The smallest absolute Gasteiger partial charge is 0.351 e. The first-order valence-electron chi connectivity index (χ1n) is 14.6. The molecule has 1 N–H and O–H groups in total. The number of aliphatic hydroxyl groups excluding tert-OH is 1. The van der Waals surface area contributed by atoms with Gasteiger partial charge in [0.25, 0.3) is 0 Å². The molecule has 4 aromatic rings. The summed E-state index contributed by atoms with van der Waals surface area (Å²) in [5, 5.41) is 11.4. The average Bonchev–Trinajstić information content (AvgIpc) is 3.12. The third-order valence-electron chi connectivity index (χ3n) is 6.66. The third-order valence-corrected chi connectivity index (χ3v) is 6.66. The van der Waals surface area contributed by atoms with Gasteiger partial charge in [-0.1, -0.05) is 72.8 Å². The Labute approximate surface area is 270 Å². The van der Waals surface area contributed by atoms with Crippen LogP contribution < -0.4 is 0 Å². The number of rotatable bonds is 14. The van der Waals surface area contributed by atoms with E-state index >= 15 is 0 Å². The number of benzene rings is 4. The molecule has 0 saturated carbocycles. The van der Waals surface area contributed by atoms with Gasteiger partial charge in [0.15, 0.2) is 12.2 Å². The number of carbonyl (C=O) groups is 5. The van der Waals surface area contributed by atoms with Gasteiger partial charge < -0.3 is 28.8 Å². The molecule has 4 atom stereocenters. The second kappa shape index (κ2) is 17.0. The Balaban J connectivity index is 1.75. The minimum absolute atomic E-state index is 0.0348. The molecule has 0 heterocycles. The number of aliphatic hydroxyl groups is 1. The van der Waals surface area contributed by atoms with Gasteiger partial charge in [0.2, 0.25) is 6.10 Å². The van der Waals surface area contributed by atoms with Gasteiger partial charge in [-0.15, -0.1) is 0 Å². The van der Waals surface area contributed by atoms with Crippen LogP contribution >= 0.6 is 0 Å². The molecule has 0 radical (unpaired) electrons. The van der Waals surface area contributed by atoms with Crippen molar-refractivity contribution in [3.05, 3.63) is 144 Å². The molecule has 0 aromatic heterocycles. The quantitative estimate of drug-likeness (QED) is 0.154. The van der Waals surface area contributed by atoms with Gasteiger partial charge in [0, 0.05) is 0 Å². The molecule has 0 bridgehead atoms. The Morgan fingerprint density at radius 3 is 1.28 bits per heavy atom. The molecule has 4 aromatic carbocycles. The van der Waals surface area contributed by atoms with Crippen molar-refractivity contribution < 1.29 is 52.8 Å². The summed E-state index contributed by atoms with van der Waals surface area (Å²) in [6, 6.07) is 30.9. The second-order valence-electron chi connectivity index (χ2n) is 9.95. The van der Waals surface area contributed by atoms with E-state index in [0.717, 1.165) is 0 Å². The monoisotopic (exact) mass is 640 g/mol. The molecule has 0 aliphatic rings. The fourth-order valence-corrected chi connectivity index (χ4v) is 4.34. The van der Waals surface area contributed by atoms with E-state index in [-0.39, 0.29) is 28.9 Å². The SMILES string of the molecule is CCOC(=O)[C@H](OC(=O)c1ccccc1)[C@@H](OC(=O)c1ccccc1)[C@H](OC(=O)c1ccccc1)[C@H](O)COC(=O)c1ccccc1. The van der Waals surface area contributed by atoms with Crippen LogP contribution in [0.4, 0.5) is 0 Å². The van der Waals surface area contributed by atoms with Crippen LogP contribution in [0.1, 0.15) is 48.4 Å². The Bertz CT molecular complexity index is 1630. The van der Waals surface area contributed by atoms with E-state index in [1.54, 1.807) is 72.8 Å². The Hall–Kier alpha value is -5.81. The summed E-state index contributed by atoms with van der Waals surface area (Å²) in [7, 11) is 0. The molecule has 0 spiro atoms. The van der Waals surface area contributed by atoms with Crippen LogP contribution in [-0.2, 0) is 28.5 Å². The molecule has 0 aliphatic carbocycles. The van der Waals surface area contributed by atoms with Gasteiger partial charge in [0.1, 0.15) is 12.7 Å².